The highest BCUT2D eigenvalue weighted by molar-refractivity contribution is 6.31. The number of H-pyrrole nitrogens is 1. The standard InChI is InChI=1S/C16H22ClN3/c1-11(20(2)13-6-4-3-5-7-13)16-18-14-9-8-12(17)10-15(14)19-16/h8-11,13H,3-7H2,1-2H3,(H,18,19). The average Bonchev–Trinajstić information content (AvgIpc) is 2.89. The van der Waals surface area contributed by atoms with Crippen LogP contribution in [0.15, 0.2) is 18.2 Å². The summed E-state index contributed by atoms with van der Waals surface area (Å²) in [6, 6.07) is 6.82. The molecule has 1 aromatic carbocycles. The number of aromatic amines is 1. The molecule has 3 nitrogen and oxygen atoms in total. The van der Waals surface area contributed by atoms with Crippen molar-refractivity contribution >= 4 is 22.6 Å². The van der Waals surface area contributed by atoms with Crippen LogP contribution in [0, 0.1) is 0 Å². The van der Waals surface area contributed by atoms with Crippen LogP contribution >= 0.6 is 11.6 Å². The van der Waals surface area contributed by atoms with Gasteiger partial charge in [-0.3, -0.25) is 4.90 Å². The minimum absolute atomic E-state index is 0.310. The van der Waals surface area contributed by atoms with E-state index in [4.69, 9.17) is 16.6 Å². The molecular formula is C16H22ClN3. The predicted molar refractivity (Wildman–Crippen MR) is 84.2 cm³/mol. The molecule has 1 unspecified atom stereocenters. The molecule has 0 spiro atoms. The topological polar surface area (TPSA) is 31.9 Å². The zero-order valence-electron chi connectivity index (χ0n) is 12.2. The molecule has 20 heavy (non-hydrogen) atoms. The van der Waals surface area contributed by atoms with Gasteiger partial charge in [-0.25, -0.2) is 4.98 Å². The highest BCUT2D eigenvalue weighted by Gasteiger charge is 2.24. The summed E-state index contributed by atoms with van der Waals surface area (Å²) in [5, 5.41) is 0.751. The third kappa shape index (κ3) is 2.70. The van der Waals surface area contributed by atoms with Crippen molar-refractivity contribution in [2.75, 3.05) is 7.05 Å². The lowest BCUT2D eigenvalue weighted by atomic mass is 9.93. The minimum Gasteiger partial charge on any atom is -0.341 e. The normalized spacial score (nSPS) is 18.8. The molecule has 0 bridgehead atoms. The Kier molecular flexibility index (Phi) is 3.99. The molecule has 0 saturated heterocycles. The number of fused-ring (bicyclic) bond motifs is 1. The second-order valence-corrected chi connectivity index (χ2v) is 6.35. The first-order valence-corrected chi connectivity index (χ1v) is 7.90. The van der Waals surface area contributed by atoms with Crippen LogP contribution in [-0.4, -0.2) is 28.0 Å². The Balaban J connectivity index is 1.81. The number of nitrogens with one attached hydrogen (secondary N) is 1. The first-order chi connectivity index (χ1) is 9.65. The van der Waals surface area contributed by atoms with E-state index in [2.05, 4.69) is 23.9 Å². The van der Waals surface area contributed by atoms with E-state index in [1.807, 2.05) is 18.2 Å². The summed E-state index contributed by atoms with van der Waals surface area (Å²) in [7, 11) is 2.22. The molecule has 4 heteroatoms. The molecule has 1 saturated carbocycles. The lowest BCUT2D eigenvalue weighted by Crippen LogP contribution is -2.35. The van der Waals surface area contributed by atoms with Gasteiger partial charge in [-0.05, 0) is 45.0 Å². The van der Waals surface area contributed by atoms with E-state index in [0.717, 1.165) is 21.9 Å². The molecule has 0 amide bonds. The summed E-state index contributed by atoms with van der Waals surface area (Å²) in [5.41, 5.74) is 2.02. The molecule has 1 heterocycles. The summed E-state index contributed by atoms with van der Waals surface area (Å²) < 4.78 is 0. The number of hydrogen-bond donors (Lipinski definition) is 1. The maximum absolute atomic E-state index is 6.03. The van der Waals surface area contributed by atoms with Gasteiger partial charge in [-0.1, -0.05) is 30.9 Å². The van der Waals surface area contributed by atoms with Crippen molar-refractivity contribution in [2.45, 2.75) is 51.1 Å². The lowest BCUT2D eigenvalue weighted by molar-refractivity contribution is 0.142. The molecule has 2 aromatic rings. The minimum atomic E-state index is 0.310. The van der Waals surface area contributed by atoms with Crippen LogP contribution in [0.5, 0.6) is 0 Å². The summed E-state index contributed by atoms with van der Waals surface area (Å²) in [6.45, 7) is 2.23. The van der Waals surface area contributed by atoms with E-state index in [-0.39, 0.29) is 0 Å². The fourth-order valence-electron chi connectivity index (χ4n) is 3.20. The van der Waals surface area contributed by atoms with Crippen molar-refractivity contribution in [1.29, 1.82) is 0 Å². The maximum Gasteiger partial charge on any atom is 0.124 e. The Hall–Kier alpha value is -1.06. The van der Waals surface area contributed by atoms with E-state index >= 15 is 0 Å². The Morgan fingerprint density at radius 3 is 2.80 bits per heavy atom. The third-order valence-electron chi connectivity index (χ3n) is 4.62. The van der Waals surface area contributed by atoms with Gasteiger partial charge in [0.1, 0.15) is 5.82 Å². The molecule has 1 aromatic heterocycles. The number of imidazole rings is 1. The van der Waals surface area contributed by atoms with E-state index < -0.39 is 0 Å². The van der Waals surface area contributed by atoms with Gasteiger partial charge in [-0.2, -0.15) is 0 Å². The van der Waals surface area contributed by atoms with Crippen molar-refractivity contribution < 1.29 is 0 Å². The van der Waals surface area contributed by atoms with Crippen molar-refractivity contribution in [2.24, 2.45) is 0 Å². The largest absolute Gasteiger partial charge is 0.341 e. The second-order valence-electron chi connectivity index (χ2n) is 5.92. The zero-order chi connectivity index (χ0) is 14.1. The molecule has 108 valence electrons. The number of hydrogen-bond acceptors (Lipinski definition) is 2. The molecule has 3 rings (SSSR count). The van der Waals surface area contributed by atoms with E-state index in [0.29, 0.717) is 12.1 Å². The molecule has 1 N–H and O–H groups in total. The molecule has 1 aliphatic carbocycles. The molecular weight excluding hydrogens is 270 g/mol. The first-order valence-electron chi connectivity index (χ1n) is 7.52. The summed E-state index contributed by atoms with van der Waals surface area (Å²) in [5.74, 6) is 1.04. The van der Waals surface area contributed by atoms with Crippen molar-refractivity contribution in [3.05, 3.63) is 29.0 Å². The van der Waals surface area contributed by atoms with E-state index in [1.54, 1.807) is 0 Å². The smallest absolute Gasteiger partial charge is 0.124 e. The van der Waals surface area contributed by atoms with Gasteiger partial charge in [-0.15, -0.1) is 0 Å². The zero-order valence-corrected chi connectivity index (χ0v) is 13.0. The van der Waals surface area contributed by atoms with Gasteiger partial charge in [0, 0.05) is 11.1 Å². The van der Waals surface area contributed by atoms with Crippen LogP contribution < -0.4 is 0 Å². The summed E-state index contributed by atoms with van der Waals surface area (Å²) >= 11 is 6.03. The predicted octanol–water partition coefficient (Wildman–Crippen LogP) is 4.54. The molecule has 1 atom stereocenters. The fourth-order valence-corrected chi connectivity index (χ4v) is 3.37. The molecule has 0 radical (unpaired) electrons. The van der Waals surface area contributed by atoms with Gasteiger partial charge in [0.15, 0.2) is 0 Å². The van der Waals surface area contributed by atoms with Crippen LogP contribution in [-0.2, 0) is 0 Å². The van der Waals surface area contributed by atoms with Gasteiger partial charge in [0.25, 0.3) is 0 Å². The van der Waals surface area contributed by atoms with Gasteiger partial charge in [0.05, 0.1) is 17.1 Å². The third-order valence-corrected chi connectivity index (χ3v) is 4.85. The monoisotopic (exact) mass is 291 g/mol. The Morgan fingerprint density at radius 1 is 1.30 bits per heavy atom. The van der Waals surface area contributed by atoms with Crippen molar-refractivity contribution in [1.82, 2.24) is 14.9 Å². The quantitative estimate of drug-likeness (QED) is 0.900. The van der Waals surface area contributed by atoms with Crippen molar-refractivity contribution in [3.63, 3.8) is 0 Å². The second kappa shape index (κ2) is 5.74. The van der Waals surface area contributed by atoms with Crippen LogP contribution in [0.25, 0.3) is 11.0 Å². The lowest BCUT2D eigenvalue weighted by Gasteiger charge is -2.34. The van der Waals surface area contributed by atoms with Gasteiger partial charge < -0.3 is 4.98 Å². The highest BCUT2D eigenvalue weighted by atomic mass is 35.5. The molecule has 1 aliphatic rings. The van der Waals surface area contributed by atoms with Gasteiger partial charge in [0.2, 0.25) is 0 Å². The van der Waals surface area contributed by atoms with Crippen LogP contribution in [0.1, 0.15) is 50.9 Å². The molecule has 1 fully saturated rings. The Labute approximate surface area is 125 Å². The van der Waals surface area contributed by atoms with Crippen LogP contribution in [0.2, 0.25) is 5.02 Å². The van der Waals surface area contributed by atoms with Crippen molar-refractivity contribution in [3.8, 4) is 0 Å². The van der Waals surface area contributed by atoms with E-state index in [9.17, 15) is 0 Å². The van der Waals surface area contributed by atoms with Gasteiger partial charge >= 0.3 is 0 Å². The van der Waals surface area contributed by atoms with Crippen LogP contribution in [0.4, 0.5) is 0 Å². The van der Waals surface area contributed by atoms with Crippen LogP contribution in [0.3, 0.4) is 0 Å². The molecule has 0 aliphatic heterocycles. The Morgan fingerprint density at radius 2 is 2.05 bits per heavy atom. The van der Waals surface area contributed by atoms with E-state index in [1.165, 1.54) is 32.1 Å². The number of rotatable bonds is 3. The summed E-state index contributed by atoms with van der Waals surface area (Å²) in [4.78, 5) is 10.6. The fraction of sp³-hybridized carbons (Fsp3) is 0.562. The SMILES string of the molecule is CC(c1nc2ccc(Cl)cc2[nH]1)N(C)C1CCCCC1. The number of halogens is 1. The highest BCUT2D eigenvalue weighted by Crippen LogP contribution is 2.28. The summed E-state index contributed by atoms with van der Waals surface area (Å²) in [6.07, 6.45) is 6.73. The number of aromatic nitrogens is 2. The Bertz CT molecular complexity index is 586. The number of nitrogens with zero attached hydrogens (tertiary/aromatic N) is 2. The maximum atomic E-state index is 6.03. The first kappa shape index (κ1) is 13.9. The number of benzene rings is 1. The average molecular weight is 292 g/mol.